The molecule has 104 valence electrons. The van der Waals surface area contributed by atoms with Crippen LogP contribution in [0.15, 0.2) is 41.0 Å². The van der Waals surface area contributed by atoms with Gasteiger partial charge in [0.2, 0.25) is 0 Å². The van der Waals surface area contributed by atoms with Crippen LogP contribution in [0.2, 0.25) is 0 Å². The Bertz CT molecular complexity index is 620. The van der Waals surface area contributed by atoms with Crippen LogP contribution in [-0.2, 0) is 6.42 Å². The minimum absolute atomic E-state index is 0.0483. The first-order chi connectivity index (χ1) is 9.59. The minimum Gasteiger partial charge on any atom is -0.478 e. The average Bonchev–Trinajstić information content (AvgIpc) is 2.44. The summed E-state index contributed by atoms with van der Waals surface area (Å²) < 4.78 is 13.9. The molecule has 0 aliphatic carbocycles. The summed E-state index contributed by atoms with van der Waals surface area (Å²) >= 11 is 2.96. The summed E-state index contributed by atoms with van der Waals surface area (Å²) in [5.74, 6) is -1.78. The van der Waals surface area contributed by atoms with E-state index < -0.39 is 11.8 Å². The van der Waals surface area contributed by atoms with Crippen LogP contribution in [-0.4, -0.2) is 22.6 Å². The summed E-state index contributed by atoms with van der Waals surface area (Å²) in [4.78, 5) is 15.0. The first-order valence-corrected chi connectivity index (χ1v) is 6.74. The molecule has 6 heteroatoms. The van der Waals surface area contributed by atoms with Crippen molar-refractivity contribution in [2.75, 3.05) is 11.9 Å². The van der Waals surface area contributed by atoms with Gasteiger partial charge in [-0.3, -0.25) is 4.98 Å². The molecule has 0 saturated heterocycles. The second-order valence-electron chi connectivity index (χ2n) is 4.09. The second-order valence-corrected chi connectivity index (χ2v) is 4.88. The van der Waals surface area contributed by atoms with Gasteiger partial charge in [0.25, 0.3) is 0 Å². The molecule has 0 fully saturated rings. The molecule has 0 amide bonds. The van der Waals surface area contributed by atoms with Crippen LogP contribution < -0.4 is 5.32 Å². The Morgan fingerprint density at radius 1 is 1.35 bits per heavy atom. The number of pyridine rings is 1. The molecule has 1 aromatic heterocycles. The van der Waals surface area contributed by atoms with Crippen molar-refractivity contribution in [2.45, 2.75) is 6.42 Å². The number of halogens is 2. The lowest BCUT2D eigenvalue weighted by Crippen LogP contribution is -2.09. The quantitative estimate of drug-likeness (QED) is 0.877. The van der Waals surface area contributed by atoms with E-state index in [0.29, 0.717) is 13.0 Å². The van der Waals surface area contributed by atoms with Gasteiger partial charge in [-0.25, -0.2) is 9.18 Å². The Labute approximate surface area is 123 Å². The van der Waals surface area contributed by atoms with Gasteiger partial charge in [0.15, 0.2) is 5.82 Å². The largest absolute Gasteiger partial charge is 0.478 e. The third-order valence-corrected chi connectivity index (χ3v) is 3.51. The van der Waals surface area contributed by atoms with E-state index in [-0.39, 0.29) is 15.7 Å². The van der Waals surface area contributed by atoms with E-state index in [1.807, 2.05) is 18.2 Å². The highest BCUT2D eigenvalue weighted by Crippen LogP contribution is 2.27. The fourth-order valence-corrected chi connectivity index (χ4v) is 2.24. The molecule has 0 atom stereocenters. The number of hydrogen-bond donors (Lipinski definition) is 2. The van der Waals surface area contributed by atoms with Crippen molar-refractivity contribution in [3.8, 4) is 0 Å². The van der Waals surface area contributed by atoms with Crippen LogP contribution in [0.5, 0.6) is 0 Å². The highest BCUT2D eigenvalue weighted by atomic mass is 79.9. The molecule has 0 bridgehead atoms. The summed E-state index contributed by atoms with van der Waals surface area (Å²) in [5, 5.41) is 11.8. The predicted molar refractivity (Wildman–Crippen MR) is 77.5 cm³/mol. The zero-order valence-electron chi connectivity index (χ0n) is 10.4. The molecule has 0 spiro atoms. The van der Waals surface area contributed by atoms with Crippen LogP contribution in [0, 0.1) is 5.82 Å². The highest BCUT2D eigenvalue weighted by molar-refractivity contribution is 9.10. The van der Waals surface area contributed by atoms with Crippen molar-refractivity contribution in [3.63, 3.8) is 0 Å². The molecule has 0 radical (unpaired) electrons. The molecule has 2 aromatic rings. The molecular weight excluding hydrogens is 327 g/mol. The van der Waals surface area contributed by atoms with Gasteiger partial charge >= 0.3 is 5.97 Å². The third-order valence-electron chi connectivity index (χ3n) is 2.74. The summed E-state index contributed by atoms with van der Waals surface area (Å²) in [6.45, 7) is 0.507. The van der Waals surface area contributed by atoms with E-state index in [0.717, 1.165) is 5.69 Å². The molecule has 4 nitrogen and oxygen atoms in total. The van der Waals surface area contributed by atoms with Crippen molar-refractivity contribution >= 4 is 27.6 Å². The molecule has 1 aromatic carbocycles. The van der Waals surface area contributed by atoms with Gasteiger partial charge in [-0.2, -0.15) is 0 Å². The Morgan fingerprint density at radius 2 is 2.15 bits per heavy atom. The van der Waals surface area contributed by atoms with Gasteiger partial charge in [0.05, 0.1) is 15.7 Å². The summed E-state index contributed by atoms with van der Waals surface area (Å²) in [7, 11) is 0. The van der Waals surface area contributed by atoms with Crippen LogP contribution in [0.3, 0.4) is 0 Å². The number of hydrogen-bond acceptors (Lipinski definition) is 3. The normalized spacial score (nSPS) is 10.3. The third kappa shape index (κ3) is 3.33. The standard InChI is InChI=1S/C14H12BrFN2O2/c15-12-10(14(19)20)4-5-11(13(12)16)18-8-6-9-3-1-2-7-17-9/h1-5,7,18H,6,8H2,(H,19,20). The molecule has 1 heterocycles. The molecule has 0 saturated carbocycles. The van der Waals surface area contributed by atoms with Crippen LogP contribution in [0.1, 0.15) is 16.1 Å². The van der Waals surface area contributed by atoms with E-state index in [2.05, 4.69) is 26.2 Å². The van der Waals surface area contributed by atoms with Crippen molar-refractivity contribution < 1.29 is 14.3 Å². The zero-order valence-corrected chi connectivity index (χ0v) is 12.0. The monoisotopic (exact) mass is 338 g/mol. The van der Waals surface area contributed by atoms with E-state index >= 15 is 0 Å². The Morgan fingerprint density at radius 3 is 2.80 bits per heavy atom. The molecule has 20 heavy (non-hydrogen) atoms. The molecule has 0 aliphatic heterocycles. The molecule has 2 rings (SSSR count). The smallest absolute Gasteiger partial charge is 0.336 e. The minimum atomic E-state index is -1.17. The van der Waals surface area contributed by atoms with E-state index in [1.165, 1.54) is 12.1 Å². The van der Waals surface area contributed by atoms with Gasteiger partial charge in [0.1, 0.15) is 0 Å². The number of carboxylic acid groups (broad SMARTS) is 1. The number of carboxylic acids is 1. The second kappa shape index (κ2) is 6.47. The Kier molecular flexibility index (Phi) is 4.68. The topological polar surface area (TPSA) is 62.2 Å². The van der Waals surface area contributed by atoms with Gasteiger partial charge in [-0.15, -0.1) is 0 Å². The molecular formula is C14H12BrFN2O2. The maximum Gasteiger partial charge on any atom is 0.336 e. The molecule has 0 aliphatic rings. The molecule has 2 N–H and O–H groups in total. The number of aromatic nitrogens is 1. The fourth-order valence-electron chi connectivity index (χ4n) is 1.72. The van der Waals surface area contributed by atoms with Crippen molar-refractivity contribution in [1.82, 2.24) is 4.98 Å². The average molecular weight is 339 g/mol. The molecule has 0 unspecified atom stereocenters. The SMILES string of the molecule is O=C(O)c1ccc(NCCc2ccccn2)c(F)c1Br. The highest BCUT2D eigenvalue weighted by Gasteiger charge is 2.15. The van der Waals surface area contributed by atoms with Crippen LogP contribution in [0.4, 0.5) is 10.1 Å². The van der Waals surface area contributed by atoms with Gasteiger partial charge < -0.3 is 10.4 Å². The first kappa shape index (κ1) is 14.5. The summed E-state index contributed by atoms with van der Waals surface area (Å²) in [6, 6.07) is 8.39. The number of anilines is 1. The number of nitrogens with one attached hydrogen (secondary N) is 1. The van der Waals surface area contributed by atoms with Crippen LogP contribution in [0.25, 0.3) is 0 Å². The Balaban J connectivity index is 2.04. The lowest BCUT2D eigenvalue weighted by molar-refractivity contribution is 0.0695. The lowest BCUT2D eigenvalue weighted by Gasteiger charge is -2.09. The fraction of sp³-hybridized carbons (Fsp3) is 0.143. The number of benzene rings is 1. The maximum atomic E-state index is 14.0. The zero-order chi connectivity index (χ0) is 14.5. The lowest BCUT2D eigenvalue weighted by atomic mass is 10.2. The number of carbonyl (C=O) groups is 1. The van der Waals surface area contributed by atoms with E-state index in [9.17, 15) is 9.18 Å². The summed E-state index contributed by atoms with van der Waals surface area (Å²) in [6.07, 6.45) is 2.35. The van der Waals surface area contributed by atoms with Gasteiger partial charge in [-0.05, 0) is 40.2 Å². The van der Waals surface area contributed by atoms with Crippen molar-refractivity contribution in [1.29, 1.82) is 0 Å². The number of rotatable bonds is 5. The maximum absolute atomic E-state index is 14.0. The van der Waals surface area contributed by atoms with Crippen molar-refractivity contribution in [3.05, 3.63) is 58.1 Å². The van der Waals surface area contributed by atoms with Gasteiger partial charge in [0, 0.05) is 24.9 Å². The van der Waals surface area contributed by atoms with Gasteiger partial charge in [-0.1, -0.05) is 6.07 Å². The van der Waals surface area contributed by atoms with Crippen LogP contribution >= 0.6 is 15.9 Å². The van der Waals surface area contributed by atoms with E-state index in [4.69, 9.17) is 5.11 Å². The Hall–Kier alpha value is -1.95. The summed E-state index contributed by atoms with van der Waals surface area (Å²) in [5.41, 5.74) is 1.07. The number of aromatic carboxylic acids is 1. The number of nitrogens with zero attached hydrogens (tertiary/aromatic N) is 1. The first-order valence-electron chi connectivity index (χ1n) is 5.94. The predicted octanol–water partition coefficient (Wildman–Crippen LogP) is 3.34. The van der Waals surface area contributed by atoms with E-state index in [1.54, 1.807) is 6.20 Å². The van der Waals surface area contributed by atoms with Crippen molar-refractivity contribution in [2.24, 2.45) is 0 Å².